The van der Waals surface area contributed by atoms with Gasteiger partial charge in [-0.15, -0.1) is 0 Å². The van der Waals surface area contributed by atoms with Crippen LogP contribution in [0.3, 0.4) is 0 Å². The Balaban J connectivity index is 1.48. The molecule has 1 aliphatic rings. The summed E-state index contributed by atoms with van der Waals surface area (Å²) in [6.45, 7) is 3.82. The van der Waals surface area contributed by atoms with E-state index in [9.17, 15) is 0 Å². The third-order valence-corrected chi connectivity index (χ3v) is 4.86. The van der Waals surface area contributed by atoms with E-state index in [1.165, 1.54) is 5.56 Å². The monoisotopic (exact) mass is 401 g/mol. The Morgan fingerprint density at radius 2 is 1.62 bits per heavy atom. The lowest BCUT2D eigenvalue weighted by atomic mass is 10.2. The first kappa shape index (κ1) is 17.0. The number of piperazine rings is 1. The van der Waals surface area contributed by atoms with Gasteiger partial charge in [-0.25, -0.2) is 0 Å². The van der Waals surface area contributed by atoms with Crippen LogP contribution in [-0.4, -0.2) is 41.1 Å². The van der Waals surface area contributed by atoms with Gasteiger partial charge >= 0.3 is 0 Å². The second kappa shape index (κ2) is 8.31. The molecular weight excluding hydrogens is 382 g/mol. The predicted molar refractivity (Wildman–Crippen MR) is 109 cm³/mol. The summed E-state index contributed by atoms with van der Waals surface area (Å²) >= 11 is 8.98. The standard InChI is InChI=1S/C19H20BrN3S/c20-17-6-8-18(9-7-17)21-19(24)23-14-12-22(13-15-23)11-10-16-4-2-1-3-5-16/h1-11H,12-15H2,(H,21,24). The molecule has 2 aromatic carbocycles. The highest BCUT2D eigenvalue weighted by Gasteiger charge is 2.16. The molecule has 0 radical (unpaired) electrons. The van der Waals surface area contributed by atoms with Crippen LogP contribution < -0.4 is 5.32 Å². The number of halogens is 1. The number of rotatable bonds is 3. The SMILES string of the molecule is S=C(Nc1ccc(Br)cc1)N1CCN(C=Cc2ccccc2)CC1. The summed E-state index contributed by atoms with van der Waals surface area (Å²) in [5.41, 5.74) is 2.25. The van der Waals surface area contributed by atoms with Crippen molar-refractivity contribution in [3.63, 3.8) is 0 Å². The van der Waals surface area contributed by atoms with Gasteiger partial charge in [-0.1, -0.05) is 46.3 Å². The van der Waals surface area contributed by atoms with Gasteiger partial charge in [0, 0.05) is 36.3 Å². The average Bonchev–Trinajstić information content (AvgIpc) is 2.63. The van der Waals surface area contributed by atoms with Crippen LogP contribution >= 0.6 is 28.1 Å². The molecule has 0 unspecified atom stereocenters. The van der Waals surface area contributed by atoms with Crippen LogP contribution in [0.1, 0.15) is 5.56 Å². The van der Waals surface area contributed by atoms with Crippen LogP contribution in [0.4, 0.5) is 5.69 Å². The van der Waals surface area contributed by atoms with Crippen LogP contribution in [-0.2, 0) is 0 Å². The quantitative estimate of drug-likeness (QED) is 0.766. The maximum absolute atomic E-state index is 5.54. The summed E-state index contributed by atoms with van der Waals surface area (Å²) in [4.78, 5) is 4.57. The Bertz CT molecular complexity index is 692. The Kier molecular flexibility index (Phi) is 5.88. The number of nitrogens with one attached hydrogen (secondary N) is 1. The highest BCUT2D eigenvalue weighted by atomic mass is 79.9. The third kappa shape index (κ3) is 4.82. The van der Waals surface area contributed by atoms with Crippen molar-refractivity contribution in [2.45, 2.75) is 0 Å². The first-order valence-electron chi connectivity index (χ1n) is 7.99. The molecule has 0 atom stereocenters. The van der Waals surface area contributed by atoms with Gasteiger partial charge < -0.3 is 15.1 Å². The molecule has 0 spiro atoms. The van der Waals surface area contributed by atoms with Crippen molar-refractivity contribution >= 4 is 45.0 Å². The predicted octanol–water partition coefficient (Wildman–Crippen LogP) is 4.43. The molecule has 0 aromatic heterocycles. The van der Waals surface area contributed by atoms with Gasteiger partial charge in [0.2, 0.25) is 0 Å². The molecule has 1 heterocycles. The zero-order chi connectivity index (χ0) is 16.8. The van der Waals surface area contributed by atoms with Crippen LogP contribution in [0.25, 0.3) is 6.08 Å². The van der Waals surface area contributed by atoms with E-state index < -0.39 is 0 Å². The van der Waals surface area contributed by atoms with Gasteiger partial charge in [-0.2, -0.15) is 0 Å². The summed E-state index contributed by atoms with van der Waals surface area (Å²) in [6, 6.07) is 18.5. The van der Waals surface area contributed by atoms with Crippen LogP contribution in [0.15, 0.2) is 65.3 Å². The van der Waals surface area contributed by atoms with E-state index in [-0.39, 0.29) is 0 Å². The van der Waals surface area contributed by atoms with Crippen molar-refractivity contribution in [1.29, 1.82) is 0 Å². The molecule has 124 valence electrons. The molecule has 3 rings (SSSR count). The van der Waals surface area contributed by atoms with Gasteiger partial charge in [-0.3, -0.25) is 0 Å². The van der Waals surface area contributed by atoms with Crippen molar-refractivity contribution in [3.8, 4) is 0 Å². The maximum atomic E-state index is 5.54. The summed E-state index contributed by atoms with van der Waals surface area (Å²) in [5.74, 6) is 0. The van der Waals surface area contributed by atoms with E-state index >= 15 is 0 Å². The molecule has 5 heteroatoms. The van der Waals surface area contributed by atoms with Crippen LogP contribution in [0, 0.1) is 0 Å². The molecule has 1 saturated heterocycles. The van der Waals surface area contributed by atoms with Crippen LogP contribution in [0.2, 0.25) is 0 Å². The Hall–Kier alpha value is -1.85. The molecule has 1 N–H and O–H groups in total. The number of hydrogen-bond donors (Lipinski definition) is 1. The van der Waals surface area contributed by atoms with Crippen molar-refractivity contribution < 1.29 is 0 Å². The molecule has 2 aromatic rings. The molecule has 0 saturated carbocycles. The van der Waals surface area contributed by atoms with Crippen molar-refractivity contribution in [2.75, 3.05) is 31.5 Å². The van der Waals surface area contributed by atoms with Gasteiger partial charge in [0.05, 0.1) is 0 Å². The lowest BCUT2D eigenvalue weighted by molar-refractivity contribution is 0.241. The smallest absolute Gasteiger partial charge is 0.173 e. The average molecular weight is 402 g/mol. The molecule has 3 nitrogen and oxygen atoms in total. The van der Waals surface area contributed by atoms with Crippen molar-refractivity contribution in [1.82, 2.24) is 9.80 Å². The number of benzene rings is 2. The molecule has 0 bridgehead atoms. The minimum absolute atomic E-state index is 0.795. The lowest BCUT2D eigenvalue weighted by Crippen LogP contribution is -2.48. The Morgan fingerprint density at radius 1 is 0.958 bits per heavy atom. The Morgan fingerprint density at radius 3 is 2.29 bits per heavy atom. The number of hydrogen-bond acceptors (Lipinski definition) is 2. The molecule has 0 amide bonds. The number of nitrogens with zero attached hydrogens (tertiary/aromatic N) is 2. The van der Waals surface area contributed by atoms with E-state index in [1.807, 2.05) is 30.3 Å². The highest BCUT2D eigenvalue weighted by Crippen LogP contribution is 2.15. The fourth-order valence-electron chi connectivity index (χ4n) is 2.57. The number of thiocarbonyl (C=S) groups is 1. The zero-order valence-corrected chi connectivity index (χ0v) is 15.8. The number of anilines is 1. The van der Waals surface area contributed by atoms with Crippen molar-refractivity contribution in [3.05, 3.63) is 70.8 Å². The molecular formula is C19H20BrN3S. The molecule has 1 fully saturated rings. The van der Waals surface area contributed by atoms with Gasteiger partial charge in [0.25, 0.3) is 0 Å². The fourth-order valence-corrected chi connectivity index (χ4v) is 3.13. The first-order valence-corrected chi connectivity index (χ1v) is 9.20. The molecule has 1 aliphatic heterocycles. The first-order chi connectivity index (χ1) is 11.7. The third-order valence-electron chi connectivity index (χ3n) is 3.97. The lowest BCUT2D eigenvalue weighted by Gasteiger charge is -2.35. The normalized spacial score (nSPS) is 14.9. The van der Waals surface area contributed by atoms with E-state index in [0.717, 1.165) is 41.5 Å². The van der Waals surface area contributed by atoms with E-state index in [2.05, 4.69) is 67.6 Å². The van der Waals surface area contributed by atoms with E-state index in [4.69, 9.17) is 12.2 Å². The minimum Gasteiger partial charge on any atom is -0.374 e. The topological polar surface area (TPSA) is 18.5 Å². The molecule has 0 aliphatic carbocycles. The van der Waals surface area contributed by atoms with E-state index in [0.29, 0.717) is 0 Å². The second-order valence-electron chi connectivity index (χ2n) is 5.69. The van der Waals surface area contributed by atoms with E-state index in [1.54, 1.807) is 0 Å². The summed E-state index contributed by atoms with van der Waals surface area (Å²) in [7, 11) is 0. The molecule has 24 heavy (non-hydrogen) atoms. The largest absolute Gasteiger partial charge is 0.374 e. The Labute approximate surface area is 157 Å². The minimum atomic E-state index is 0.795. The second-order valence-corrected chi connectivity index (χ2v) is 6.99. The summed E-state index contributed by atoms with van der Waals surface area (Å²) in [6.07, 6.45) is 4.34. The maximum Gasteiger partial charge on any atom is 0.173 e. The zero-order valence-electron chi connectivity index (χ0n) is 13.4. The van der Waals surface area contributed by atoms with Gasteiger partial charge in [-0.05, 0) is 54.3 Å². The fraction of sp³-hybridized carbons (Fsp3) is 0.211. The van der Waals surface area contributed by atoms with Gasteiger partial charge in [0.1, 0.15) is 0 Å². The summed E-state index contributed by atoms with van der Waals surface area (Å²) < 4.78 is 1.07. The highest BCUT2D eigenvalue weighted by molar-refractivity contribution is 9.10. The van der Waals surface area contributed by atoms with Crippen molar-refractivity contribution in [2.24, 2.45) is 0 Å². The van der Waals surface area contributed by atoms with Crippen LogP contribution in [0.5, 0.6) is 0 Å². The van der Waals surface area contributed by atoms with Gasteiger partial charge in [0.15, 0.2) is 5.11 Å². The summed E-state index contributed by atoms with van der Waals surface area (Å²) in [5, 5.41) is 4.11.